The summed E-state index contributed by atoms with van der Waals surface area (Å²) in [6.07, 6.45) is 1.87. The number of methoxy groups -OCH3 is 1. The lowest BCUT2D eigenvalue weighted by Gasteiger charge is -2.00. The van der Waals surface area contributed by atoms with Gasteiger partial charge in [0.1, 0.15) is 10.7 Å². The third kappa shape index (κ3) is 1.96. The number of nitrogens with zero attached hydrogens (tertiary/aromatic N) is 3. The lowest BCUT2D eigenvalue weighted by Crippen LogP contribution is -1.82. The second-order valence-corrected chi connectivity index (χ2v) is 6.59. The van der Waals surface area contributed by atoms with E-state index in [4.69, 9.17) is 9.15 Å². The van der Waals surface area contributed by atoms with Gasteiger partial charge in [-0.05, 0) is 25.1 Å². The van der Waals surface area contributed by atoms with Crippen LogP contribution in [0, 0.1) is 6.92 Å². The second-order valence-electron chi connectivity index (χ2n) is 4.58. The Morgan fingerprint density at radius 2 is 2.24 bits per heavy atom. The fourth-order valence-corrected chi connectivity index (χ4v) is 3.42. The average molecular weight is 364 g/mol. The van der Waals surface area contributed by atoms with Crippen LogP contribution in [0.4, 0.5) is 0 Å². The number of hydrogen-bond donors (Lipinski definition) is 0. The highest BCUT2D eigenvalue weighted by Gasteiger charge is 2.16. The lowest BCUT2D eigenvalue weighted by atomic mass is 10.2. The van der Waals surface area contributed by atoms with Crippen LogP contribution in [0.25, 0.3) is 27.4 Å². The second kappa shape index (κ2) is 4.57. The fourth-order valence-electron chi connectivity index (χ4n) is 2.27. The van der Waals surface area contributed by atoms with E-state index >= 15 is 0 Å². The van der Waals surface area contributed by atoms with Crippen LogP contribution >= 0.6 is 27.3 Å². The van der Waals surface area contributed by atoms with Crippen LogP contribution in [0.5, 0.6) is 5.75 Å². The summed E-state index contributed by atoms with van der Waals surface area (Å²) in [5.41, 5.74) is 1.47. The smallest absolute Gasteiger partial charge is 0.212 e. The molecule has 5 nitrogen and oxygen atoms in total. The minimum Gasteiger partial charge on any atom is -0.493 e. The number of rotatable bonds is 2. The molecule has 4 rings (SSSR count). The molecule has 0 atom stereocenters. The molecule has 4 aromatic rings. The Balaban J connectivity index is 1.93. The number of aryl methyl sites for hydroxylation is 1. The molecule has 106 valence electrons. The van der Waals surface area contributed by atoms with Crippen LogP contribution in [-0.4, -0.2) is 21.7 Å². The van der Waals surface area contributed by atoms with Crippen LogP contribution in [0.15, 0.2) is 33.3 Å². The Morgan fingerprint density at radius 1 is 1.38 bits per heavy atom. The summed E-state index contributed by atoms with van der Waals surface area (Å²) < 4.78 is 14.0. The molecule has 0 unspecified atom stereocenters. The number of imidazole rings is 1. The summed E-state index contributed by atoms with van der Waals surface area (Å²) >= 11 is 5.08. The van der Waals surface area contributed by atoms with Crippen LogP contribution in [-0.2, 0) is 0 Å². The van der Waals surface area contributed by atoms with Crippen LogP contribution in [0.3, 0.4) is 0 Å². The minimum absolute atomic E-state index is 0.700. The molecule has 0 N–H and O–H groups in total. The highest BCUT2D eigenvalue weighted by molar-refractivity contribution is 9.10. The van der Waals surface area contributed by atoms with Crippen molar-refractivity contribution in [1.82, 2.24) is 14.6 Å². The van der Waals surface area contributed by atoms with Gasteiger partial charge < -0.3 is 9.15 Å². The summed E-state index contributed by atoms with van der Waals surface area (Å²) in [6.45, 7) is 1.96. The highest BCUT2D eigenvalue weighted by Crippen LogP contribution is 2.37. The predicted octanol–water partition coefficient (Wildman–Crippen LogP) is 4.28. The van der Waals surface area contributed by atoms with E-state index in [-0.39, 0.29) is 0 Å². The maximum absolute atomic E-state index is 5.93. The maximum Gasteiger partial charge on any atom is 0.212 e. The number of hydrogen-bond acceptors (Lipinski definition) is 5. The number of furan rings is 1. The first-order chi connectivity index (χ1) is 10.2. The van der Waals surface area contributed by atoms with Crippen molar-refractivity contribution >= 4 is 43.2 Å². The van der Waals surface area contributed by atoms with Gasteiger partial charge in [0.2, 0.25) is 4.96 Å². The summed E-state index contributed by atoms with van der Waals surface area (Å²) in [7, 11) is 1.63. The third-order valence-electron chi connectivity index (χ3n) is 3.21. The summed E-state index contributed by atoms with van der Waals surface area (Å²) in [5, 5.41) is 6.31. The van der Waals surface area contributed by atoms with Gasteiger partial charge in [0.05, 0.1) is 13.3 Å². The molecule has 3 aromatic heterocycles. The molecule has 0 aliphatic carbocycles. The number of benzene rings is 1. The first-order valence-corrected chi connectivity index (χ1v) is 7.86. The monoisotopic (exact) mass is 363 g/mol. The van der Waals surface area contributed by atoms with E-state index in [1.54, 1.807) is 23.0 Å². The molecule has 0 bridgehead atoms. The van der Waals surface area contributed by atoms with Gasteiger partial charge in [-0.25, -0.2) is 9.50 Å². The first-order valence-electron chi connectivity index (χ1n) is 6.25. The molecule has 21 heavy (non-hydrogen) atoms. The van der Waals surface area contributed by atoms with Gasteiger partial charge in [-0.15, -0.1) is 0 Å². The fraction of sp³-hybridized carbons (Fsp3) is 0.143. The van der Waals surface area contributed by atoms with Crippen LogP contribution < -0.4 is 4.74 Å². The SMILES string of the molecule is COc1ccc(Br)c2cc(-c3cn4nc(C)sc4n3)oc12. The van der Waals surface area contributed by atoms with Crippen molar-refractivity contribution in [2.75, 3.05) is 7.11 Å². The van der Waals surface area contributed by atoms with E-state index < -0.39 is 0 Å². The topological polar surface area (TPSA) is 52.6 Å². The van der Waals surface area contributed by atoms with E-state index in [9.17, 15) is 0 Å². The molecule has 0 saturated carbocycles. The predicted molar refractivity (Wildman–Crippen MR) is 85.1 cm³/mol. The minimum atomic E-state index is 0.700. The zero-order chi connectivity index (χ0) is 14.6. The van der Waals surface area contributed by atoms with Crippen molar-refractivity contribution < 1.29 is 9.15 Å². The Labute approximate surface area is 132 Å². The summed E-state index contributed by atoms with van der Waals surface area (Å²) in [4.78, 5) is 5.41. The molecule has 7 heteroatoms. The highest BCUT2D eigenvalue weighted by atomic mass is 79.9. The molecule has 0 radical (unpaired) electrons. The number of halogens is 1. The molecule has 3 heterocycles. The van der Waals surface area contributed by atoms with Crippen LogP contribution in [0.1, 0.15) is 5.01 Å². The van der Waals surface area contributed by atoms with Crippen LogP contribution in [0.2, 0.25) is 0 Å². The van der Waals surface area contributed by atoms with Crippen molar-refractivity contribution in [3.8, 4) is 17.2 Å². The molecule has 1 aromatic carbocycles. The number of ether oxygens (including phenoxy) is 1. The van der Waals surface area contributed by atoms with Crippen molar-refractivity contribution in [2.24, 2.45) is 0 Å². The Bertz CT molecular complexity index is 938. The zero-order valence-corrected chi connectivity index (χ0v) is 13.7. The van der Waals surface area contributed by atoms with E-state index in [2.05, 4.69) is 26.0 Å². The van der Waals surface area contributed by atoms with Crippen molar-refractivity contribution in [2.45, 2.75) is 6.92 Å². The lowest BCUT2D eigenvalue weighted by molar-refractivity contribution is 0.411. The van der Waals surface area contributed by atoms with Gasteiger partial charge in [-0.3, -0.25) is 0 Å². The molecule has 0 aliphatic rings. The molecule has 0 spiro atoms. The van der Waals surface area contributed by atoms with Gasteiger partial charge in [-0.1, -0.05) is 27.3 Å². The zero-order valence-electron chi connectivity index (χ0n) is 11.3. The maximum atomic E-state index is 5.93. The van der Waals surface area contributed by atoms with Gasteiger partial charge in [0.25, 0.3) is 0 Å². The molecular weight excluding hydrogens is 354 g/mol. The number of aromatic nitrogens is 3. The van der Waals surface area contributed by atoms with Gasteiger partial charge >= 0.3 is 0 Å². The van der Waals surface area contributed by atoms with Crippen molar-refractivity contribution in [3.63, 3.8) is 0 Å². The third-order valence-corrected chi connectivity index (χ3v) is 4.74. The molecule has 0 amide bonds. The van der Waals surface area contributed by atoms with Gasteiger partial charge in [0, 0.05) is 9.86 Å². The van der Waals surface area contributed by atoms with Crippen molar-refractivity contribution in [3.05, 3.63) is 33.9 Å². The normalized spacial score (nSPS) is 11.6. The molecular formula is C14H10BrN3O2S. The van der Waals surface area contributed by atoms with E-state index in [1.165, 1.54) is 0 Å². The van der Waals surface area contributed by atoms with E-state index in [1.807, 2.05) is 31.3 Å². The molecule has 0 aliphatic heterocycles. The quantitative estimate of drug-likeness (QED) is 0.533. The Hall–Kier alpha value is -1.86. The Morgan fingerprint density at radius 3 is 3.00 bits per heavy atom. The number of fused-ring (bicyclic) bond motifs is 2. The van der Waals surface area contributed by atoms with E-state index in [0.717, 1.165) is 25.5 Å². The summed E-state index contributed by atoms with van der Waals surface area (Å²) in [6, 6.07) is 5.77. The van der Waals surface area contributed by atoms with Gasteiger partial charge in [-0.2, -0.15) is 5.10 Å². The Kier molecular flexibility index (Phi) is 2.80. The largest absolute Gasteiger partial charge is 0.493 e. The molecule has 0 saturated heterocycles. The molecule has 0 fully saturated rings. The summed E-state index contributed by atoms with van der Waals surface area (Å²) in [5.74, 6) is 1.40. The average Bonchev–Trinajstić information content (AvgIpc) is 3.11. The van der Waals surface area contributed by atoms with E-state index in [0.29, 0.717) is 17.1 Å². The van der Waals surface area contributed by atoms with Gasteiger partial charge in [0.15, 0.2) is 17.1 Å². The standard InChI is InChI=1S/C14H10BrN3O2S/c1-7-17-18-6-10(16-14(18)21-7)12-5-8-9(15)3-4-11(19-2)13(8)20-12/h3-6H,1-2H3. The van der Waals surface area contributed by atoms with Crippen molar-refractivity contribution in [1.29, 1.82) is 0 Å². The first kappa shape index (κ1) is 12.8.